The third kappa shape index (κ3) is 2.80. The molecule has 1 aromatic carbocycles. The number of anilines is 2. The Bertz CT molecular complexity index is 551. The van der Waals surface area contributed by atoms with E-state index in [1.54, 1.807) is 6.20 Å². The van der Waals surface area contributed by atoms with Crippen molar-refractivity contribution in [1.82, 2.24) is 4.98 Å². The van der Waals surface area contributed by atoms with Gasteiger partial charge in [0.25, 0.3) is 0 Å². The Labute approximate surface area is 115 Å². The van der Waals surface area contributed by atoms with Crippen molar-refractivity contribution in [2.24, 2.45) is 5.92 Å². The van der Waals surface area contributed by atoms with Crippen LogP contribution in [0.5, 0.6) is 0 Å². The fourth-order valence-electron chi connectivity index (χ4n) is 2.38. The van der Waals surface area contributed by atoms with E-state index >= 15 is 0 Å². The highest BCUT2D eigenvalue weighted by molar-refractivity contribution is 5.97. The molecule has 3 nitrogen and oxygen atoms in total. The molecule has 0 saturated heterocycles. The largest absolute Gasteiger partial charge is 0.396 e. The molecule has 0 fully saturated rings. The number of nitrogen functional groups attached to an aromatic ring is 1. The number of aromatic nitrogens is 1. The van der Waals surface area contributed by atoms with Gasteiger partial charge in [-0.05, 0) is 18.9 Å². The van der Waals surface area contributed by atoms with Crippen LogP contribution in [0, 0.1) is 5.92 Å². The first kappa shape index (κ1) is 13.7. The molecule has 3 heteroatoms. The lowest BCUT2D eigenvalue weighted by Gasteiger charge is -2.28. The van der Waals surface area contributed by atoms with Gasteiger partial charge in [-0.3, -0.25) is 4.98 Å². The molecule has 19 heavy (non-hydrogen) atoms. The summed E-state index contributed by atoms with van der Waals surface area (Å²) in [5.74, 6) is 0.659. The average Bonchev–Trinajstić information content (AvgIpc) is 2.45. The van der Waals surface area contributed by atoms with Crippen LogP contribution in [0.2, 0.25) is 0 Å². The average molecular weight is 257 g/mol. The minimum Gasteiger partial charge on any atom is -0.396 e. The van der Waals surface area contributed by atoms with Gasteiger partial charge in [-0.25, -0.2) is 0 Å². The fraction of sp³-hybridized carbons (Fsp3) is 0.438. The summed E-state index contributed by atoms with van der Waals surface area (Å²) in [6.07, 6.45) is 2.95. The molecule has 0 aliphatic heterocycles. The van der Waals surface area contributed by atoms with Gasteiger partial charge in [-0.1, -0.05) is 38.5 Å². The van der Waals surface area contributed by atoms with Crippen molar-refractivity contribution in [2.75, 3.05) is 23.7 Å². The predicted octanol–water partition coefficient (Wildman–Crippen LogP) is 3.69. The van der Waals surface area contributed by atoms with Crippen molar-refractivity contribution >= 4 is 22.3 Å². The maximum atomic E-state index is 6.18. The van der Waals surface area contributed by atoms with Gasteiger partial charge in [0, 0.05) is 18.5 Å². The maximum Gasteiger partial charge on any atom is 0.0745 e. The molecule has 2 rings (SSSR count). The lowest BCUT2D eigenvalue weighted by molar-refractivity contribution is 0.549. The molecule has 102 valence electrons. The SMILES string of the molecule is CCC(C)CN(CC)c1c(N)cnc2ccccc12. The molecule has 0 bridgehead atoms. The van der Waals surface area contributed by atoms with Crippen LogP contribution in [0.3, 0.4) is 0 Å². The van der Waals surface area contributed by atoms with Crippen molar-refractivity contribution in [2.45, 2.75) is 27.2 Å². The van der Waals surface area contributed by atoms with E-state index in [4.69, 9.17) is 5.73 Å². The quantitative estimate of drug-likeness (QED) is 0.888. The molecule has 1 aromatic heterocycles. The van der Waals surface area contributed by atoms with E-state index in [1.807, 2.05) is 18.2 Å². The normalized spacial score (nSPS) is 12.6. The highest BCUT2D eigenvalue weighted by Gasteiger charge is 2.14. The van der Waals surface area contributed by atoms with E-state index in [-0.39, 0.29) is 0 Å². The van der Waals surface area contributed by atoms with E-state index in [9.17, 15) is 0 Å². The molecule has 2 aromatic rings. The molecule has 0 saturated carbocycles. The minimum absolute atomic E-state index is 0.659. The van der Waals surface area contributed by atoms with Crippen LogP contribution in [0.25, 0.3) is 10.9 Å². The first-order valence-corrected chi connectivity index (χ1v) is 7.05. The van der Waals surface area contributed by atoms with Crippen LogP contribution in [0.4, 0.5) is 11.4 Å². The Morgan fingerprint density at radius 2 is 2.00 bits per heavy atom. The van der Waals surface area contributed by atoms with E-state index in [2.05, 4.69) is 36.7 Å². The summed E-state index contributed by atoms with van der Waals surface area (Å²) in [5.41, 5.74) is 9.08. The Morgan fingerprint density at radius 3 is 2.68 bits per heavy atom. The van der Waals surface area contributed by atoms with Gasteiger partial charge in [-0.2, -0.15) is 0 Å². The molecular weight excluding hydrogens is 234 g/mol. The monoisotopic (exact) mass is 257 g/mol. The van der Waals surface area contributed by atoms with E-state index in [0.717, 1.165) is 35.4 Å². The molecule has 0 amide bonds. The smallest absolute Gasteiger partial charge is 0.0745 e. The van der Waals surface area contributed by atoms with Crippen molar-refractivity contribution < 1.29 is 0 Å². The van der Waals surface area contributed by atoms with Crippen LogP contribution in [0.1, 0.15) is 27.2 Å². The van der Waals surface area contributed by atoms with Gasteiger partial charge in [-0.15, -0.1) is 0 Å². The van der Waals surface area contributed by atoms with Crippen LogP contribution in [0.15, 0.2) is 30.5 Å². The summed E-state index contributed by atoms with van der Waals surface area (Å²) in [6.45, 7) is 8.68. The number of para-hydroxylation sites is 1. The van der Waals surface area contributed by atoms with Crippen molar-refractivity contribution in [3.63, 3.8) is 0 Å². The number of hydrogen-bond donors (Lipinski definition) is 1. The third-order valence-corrected chi connectivity index (χ3v) is 3.70. The van der Waals surface area contributed by atoms with Crippen LogP contribution in [-0.2, 0) is 0 Å². The highest BCUT2D eigenvalue weighted by atomic mass is 15.1. The number of benzene rings is 1. The molecule has 1 unspecified atom stereocenters. The Balaban J connectivity index is 2.49. The lowest BCUT2D eigenvalue weighted by atomic mass is 10.1. The van der Waals surface area contributed by atoms with Crippen LogP contribution >= 0.6 is 0 Å². The fourth-order valence-corrected chi connectivity index (χ4v) is 2.38. The molecule has 2 N–H and O–H groups in total. The standard InChI is InChI=1S/C16H23N3/c1-4-12(3)11-19(5-2)16-13-8-6-7-9-15(13)18-10-14(16)17/h6-10,12H,4-5,11,17H2,1-3H3. The number of nitrogens with two attached hydrogens (primary N) is 1. The van der Waals surface area contributed by atoms with E-state index < -0.39 is 0 Å². The second kappa shape index (κ2) is 5.91. The van der Waals surface area contributed by atoms with Crippen molar-refractivity contribution in [1.29, 1.82) is 0 Å². The highest BCUT2D eigenvalue weighted by Crippen LogP contribution is 2.31. The Morgan fingerprint density at radius 1 is 1.26 bits per heavy atom. The molecular formula is C16H23N3. The first-order chi connectivity index (χ1) is 9.17. The zero-order chi connectivity index (χ0) is 13.8. The summed E-state index contributed by atoms with van der Waals surface area (Å²) < 4.78 is 0. The van der Waals surface area contributed by atoms with Crippen molar-refractivity contribution in [3.05, 3.63) is 30.5 Å². The summed E-state index contributed by atoms with van der Waals surface area (Å²) in [5, 5.41) is 1.15. The van der Waals surface area contributed by atoms with Crippen molar-refractivity contribution in [3.8, 4) is 0 Å². The first-order valence-electron chi connectivity index (χ1n) is 7.05. The maximum absolute atomic E-state index is 6.18. The summed E-state index contributed by atoms with van der Waals surface area (Å²) >= 11 is 0. The molecule has 1 heterocycles. The van der Waals surface area contributed by atoms with Gasteiger partial charge < -0.3 is 10.6 Å². The molecule has 0 radical (unpaired) electrons. The number of fused-ring (bicyclic) bond motifs is 1. The topological polar surface area (TPSA) is 42.1 Å². The molecule has 0 aliphatic carbocycles. The molecule has 1 atom stereocenters. The Hall–Kier alpha value is -1.77. The van der Waals surface area contributed by atoms with Gasteiger partial charge in [0.15, 0.2) is 0 Å². The second-order valence-corrected chi connectivity index (χ2v) is 5.13. The van der Waals surface area contributed by atoms with Gasteiger partial charge >= 0.3 is 0 Å². The lowest BCUT2D eigenvalue weighted by Crippen LogP contribution is -2.29. The predicted molar refractivity (Wildman–Crippen MR) is 83.5 cm³/mol. The van der Waals surface area contributed by atoms with Crippen LogP contribution < -0.4 is 10.6 Å². The number of pyridine rings is 1. The molecule has 0 aliphatic rings. The zero-order valence-corrected chi connectivity index (χ0v) is 12.1. The molecule has 0 spiro atoms. The van der Waals surface area contributed by atoms with Gasteiger partial charge in [0.1, 0.15) is 0 Å². The number of hydrogen-bond acceptors (Lipinski definition) is 3. The van der Waals surface area contributed by atoms with Gasteiger partial charge in [0.05, 0.1) is 23.1 Å². The van der Waals surface area contributed by atoms with Crippen LogP contribution in [-0.4, -0.2) is 18.1 Å². The zero-order valence-electron chi connectivity index (χ0n) is 12.1. The Kier molecular flexibility index (Phi) is 4.25. The van der Waals surface area contributed by atoms with Gasteiger partial charge in [0.2, 0.25) is 0 Å². The second-order valence-electron chi connectivity index (χ2n) is 5.13. The van der Waals surface area contributed by atoms with E-state index in [0.29, 0.717) is 5.92 Å². The van der Waals surface area contributed by atoms with E-state index in [1.165, 1.54) is 6.42 Å². The number of nitrogens with zero attached hydrogens (tertiary/aromatic N) is 2. The summed E-state index contributed by atoms with van der Waals surface area (Å²) in [6, 6.07) is 8.20. The summed E-state index contributed by atoms with van der Waals surface area (Å²) in [4.78, 5) is 6.77. The summed E-state index contributed by atoms with van der Waals surface area (Å²) in [7, 11) is 0. The third-order valence-electron chi connectivity index (χ3n) is 3.70. The number of rotatable bonds is 5. The minimum atomic E-state index is 0.659.